The summed E-state index contributed by atoms with van der Waals surface area (Å²) in [5.41, 5.74) is 0.493. The second-order valence-corrected chi connectivity index (χ2v) is 8.93. The lowest BCUT2D eigenvalue weighted by molar-refractivity contribution is 0.0535. The number of carbonyl (C=O) groups excluding carboxylic acids is 2. The van der Waals surface area contributed by atoms with Crippen LogP contribution in [0.2, 0.25) is 5.02 Å². The minimum Gasteiger partial charge on any atom is -0.335 e. The molecule has 1 saturated heterocycles. The fourth-order valence-electron chi connectivity index (χ4n) is 2.99. The number of piperazine rings is 1. The van der Waals surface area contributed by atoms with E-state index in [1.165, 1.54) is 30.3 Å². The zero-order chi connectivity index (χ0) is 20.5. The van der Waals surface area contributed by atoms with Gasteiger partial charge < -0.3 is 9.80 Å². The average molecular weight is 425 g/mol. The van der Waals surface area contributed by atoms with Crippen molar-refractivity contribution in [2.45, 2.75) is 4.90 Å². The van der Waals surface area contributed by atoms with Crippen molar-refractivity contribution in [3.05, 3.63) is 64.4 Å². The Bertz CT molecular complexity index is 1030. The van der Waals surface area contributed by atoms with E-state index in [0.29, 0.717) is 26.2 Å². The molecule has 0 aromatic heterocycles. The molecule has 0 unspecified atom stereocenters. The van der Waals surface area contributed by atoms with Crippen LogP contribution in [0.5, 0.6) is 0 Å². The molecule has 28 heavy (non-hydrogen) atoms. The van der Waals surface area contributed by atoms with Gasteiger partial charge in [0.25, 0.3) is 11.8 Å². The molecule has 1 fully saturated rings. The van der Waals surface area contributed by atoms with Gasteiger partial charge in [-0.2, -0.15) is 0 Å². The van der Waals surface area contributed by atoms with Crippen LogP contribution in [0.4, 0.5) is 4.39 Å². The average Bonchev–Trinajstić information content (AvgIpc) is 2.66. The molecule has 1 heterocycles. The first-order valence-corrected chi connectivity index (χ1v) is 10.8. The second-order valence-electron chi connectivity index (χ2n) is 6.51. The molecule has 0 bridgehead atoms. The van der Waals surface area contributed by atoms with Crippen molar-refractivity contribution in [2.75, 3.05) is 32.4 Å². The van der Waals surface area contributed by atoms with Gasteiger partial charge in [0.15, 0.2) is 9.84 Å². The van der Waals surface area contributed by atoms with Gasteiger partial charge in [-0.05, 0) is 36.4 Å². The number of halogens is 2. The van der Waals surface area contributed by atoms with Crippen molar-refractivity contribution in [3.63, 3.8) is 0 Å². The van der Waals surface area contributed by atoms with Crippen LogP contribution in [0, 0.1) is 5.82 Å². The molecule has 0 N–H and O–H groups in total. The number of rotatable bonds is 3. The quantitative estimate of drug-likeness (QED) is 0.758. The third-order valence-corrected chi connectivity index (χ3v) is 5.95. The van der Waals surface area contributed by atoms with Crippen LogP contribution >= 0.6 is 11.6 Å². The largest absolute Gasteiger partial charge is 0.335 e. The van der Waals surface area contributed by atoms with Crippen LogP contribution in [0.3, 0.4) is 0 Å². The lowest BCUT2D eigenvalue weighted by Gasteiger charge is -2.35. The van der Waals surface area contributed by atoms with Gasteiger partial charge in [-0.25, -0.2) is 12.8 Å². The van der Waals surface area contributed by atoms with Crippen LogP contribution in [0.25, 0.3) is 0 Å². The van der Waals surface area contributed by atoms with E-state index in [1.54, 1.807) is 15.9 Å². The first-order valence-electron chi connectivity index (χ1n) is 8.50. The number of sulfone groups is 1. The van der Waals surface area contributed by atoms with Gasteiger partial charge in [-0.1, -0.05) is 17.7 Å². The molecule has 2 aromatic carbocycles. The van der Waals surface area contributed by atoms with E-state index in [1.807, 2.05) is 0 Å². The number of carbonyl (C=O) groups is 2. The number of nitrogens with zero attached hydrogens (tertiary/aromatic N) is 2. The van der Waals surface area contributed by atoms with Gasteiger partial charge in [0, 0.05) is 38.0 Å². The smallest absolute Gasteiger partial charge is 0.255 e. The fourth-order valence-corrected chi connectivity index (χ4v) is 3.90. The molecule has 1 aliphatic rings. The summed E-state index contributed by atoms with van der Waals surface area (Å²) in [6.07, 6.45) is 1.08. The van der Waals surface area contributed by atoms with Crippen molar-refractivity contribution in [1.82, 2.24) is 9.80 Å². The number of benzene rings is 2. The van der Waals surface area contributed by atoms with Gasteiger partial charge in [-0.3, -0.25) is 9.59 Å². The van der Waals surface area contributed by atoms with Gasteiger partial charge in [0.1, 0.15) is 5.82 Å². The highest BCUT2D eigenvalue weighted by atomic mass is 35.5. The van der Waals surface area contributed by atoms with E-state index in [4.69, 9.17) is 11.6 Å². The first-order chi connectivity index (χ1) is 13.2. The molecule has 0 atom stereocenters. The SMILES string of the molecule is CS(=O)(=O)c1cccc(C(=O)N2CCN(C(=O)c3ccc(F)cc3Cl)CC2)c1. The van der Waals surface area contributed by atoms with E-state index in [-0.39, 0.29) is 32.9 Å². The fraction of sp³-hybridized carbons (Fsp3) is 0.263. The van der Waals surface area contributed by atoms with Crippen molar-refractivity contribution >= 4 is 33.3 Å². The van der Waals surface area contributed by atoms with Crippen LogP contribution in [0.1, 0.15) is 20.7 Å². The molecule has 2 amide bonds. The van der Waals surface area contributed by atoms with Gasteiger partial charge >= 0.3 is 0 Å². The van der Waals surface area contributed by atoms with Crippen LogP contribution < -0.4 is 0 Å². The molecule has 3 rings (SSSR count). The molecule has 148 valence electrons. The van der Waals surface area contributed by atoms with Crippen molar-refractivity contribution < 1.29 is 22.4 Å². The maximum absolute atomic E-state index is 13.2. The number of amides is 2. The third kappa shape index (κ3) is 4.34. The number of hydrogen-bond donors (Lipinski definition) is 0. The molecule has 6 nitrogen and oxygen atoms in total. The highest BCUT2D eigenvalue weighted by Gasteiger charge is 2.27. The Balaban J connectivity index is 1.68. The van der Waals surface area contributed by atoms with E-state index in [9.17, 15) is 22.4 Å². The van der Waals surface area contributed by atoms with E-state index in [0.717, 1.165) is 12.3 Å². The Morgan fingerprint density at radius 2 is 1.57 bits per heavy atom. The van der Waals surface area contributed by atoms with Crippen LogP contribution in [-0.4, -0.2) is 62.5 Å². The summed E-state index contributed by atoms with van der Waals surface area (Å²) in [4.78, 5) is 28.5. The summed E-state index contributed by atoms with van der Waals surface area (Å²) in [7, 11) is -3.41. The van der Waals surface area contributed by atoms with Crippen molar-refractivity contribution in [2.24, 2.45) is 0 Å². The Morgan fingerprint density at radius 3 is 2.14 bits per heavy atom. The Labute approximate surface area is 167 Å². The summed E-state index contributed by atoms with van der Waals surface area (Å²) >= 11 is 5.95. The lowest BCUT2D eigenvalue weighted by atomic mass is 10.1. The normalized spacial score (nSPS) is 14.8. The summed E-state index contributed by atoms with van der Waals surface area (Å²) < 4.78 is 36.5. The Morgan fingerprint density at radius 1 is 0.964 bits per heavy atom. The van der Waals surface area contributed by atoms with Gasteiger partial charge in [0.05, 0.1) is 15.5 Å². The van der Waals surface area contributed by atoms with E-state index < -0.39 is 15.7 Å². The highest BCUT2D eigenvalue weighted by Crippen LogP contribution is 2.20. The molecule has 1 aliphatic heterocycles. The van der Waals surface area contributed by atoms with Gasteiger partial charge in [0.2, 0.25) is 0 Å². The molecular formula is C19H18ClFN2O4S. The van der Waals surface area contributed by atoms with Crippen LogP contribution in [-0.2, 0) is 9.84 Å². The highest BCUT2D eigenvalue weighted by molar-refractivity contribution is 7.90. The molecule has 0 saturated carbocycles. The minimum absolute atomic E-state index is 0.0427. The monoisotopic (exact) mass is 424 g/mol. The number of hydrogen-bond acceptors (Lipinski definition) is 4. The lowest BCUT2D eigenvalue weighted by Crippen LogP contribution is -2.50. The zero-order valence-corrected chi connectivity index (χ0v) is 16.6. The zero-order valence-electron chi connectivity index (χ0n) is 15.1. The molecule has 0 radical (unpaired) electrons. The maximum Gasteiger partial charge on any atom is 0.255 e. The molecule has 9 heteroatoms. The standard InChI is InChI=1S/C19H18ClFN2O4S/c1-28(26,27)15-4-2-3-13(11-15)18(24)22-7-9-23(10-8-22)19(25)16-6-5-14(21)12-17(16)20/h2-6,11-12H,7-10H2,1H3. The first kappa shape index (κ1) is 20.3. The third-order valence-electron chi connectivity index (χ3n) is 4.52. The molecule has 0 aliphatic carbocycles. The summed E-state index contributed by atoms with van der Waals surface area (Å²) in [6, 6.07) is 9.49. The van der Waals surface area contributed by atoms with E-state index in [2.05, 4.69) is 0 Å². The molecule has 0 spiro atoms. The van der Waals surface area contributed by atoms with E-state index >= 15 is 0 Å². The minimum atomic E-state index is -3.41. The topological polar surface area (TPSA) is 74.8 Å². The summed E-state index contributed by atoms with van der Waals surface area (Å²) in [6.45, 7) is 1.19. The predicted molar refractivity (Wildman–Crippen MR) is 103 cm³/mol. The molecule has 2 aromatic rings. The Hall–Kier alpha value is -2.45. The maximum atomic E-state index is 13.2. The van der Waals surface area contributed by atoms with Crippen molar-refractivity contribution in [1.29, 1.82) is 0 Å². The van der Waals surface area contributed by atoms with Crippen molar-refractivity contribution in [3.8, 4) is 0 Å². The second kappa shape index (κ2) is 7.89. The predicted octanol–water partition coefficient (Wildman–Crippen LogP) is 2.48. The summed E-state index contributed by atoms with van der Waals surface area (Å²) in [5, 5.41) is 0.0427. The van der Waals surface area contributed by atoms with Gasteiger partial charge in [-0.15, -0.1) is 0 Å². The van der Waals surface area contributed by atoms with Crippen LogP contribution in [0.15, 0.2) is 47.4 Å². The Kier molecular flexibility index (Phi) is 5.71. The molecular weight excluding hydrogens is 407 g/mol. The summed E-state index contributed by atoms with van der Waals surface area (Å²) in [5.74, 6) is -1.14.